The van der Waals surface area contributed by atoms with E-state index in [1.807, 2.05) is 7.05 Å². The summed E-state index contributed by atoms with van der Waals surface area (Å²) in [6.45, 7) is 3.25. The molecule has 0 atom stereocenters. The van der Waals surface area contributed by atoms with Crippen LogP contribution in [0.5, 0.6) is 0 Å². The van der Waals surface area contributed by atoms with E-state index in [1.165, 1.54) is 11.1 Å². The summed E-state index contributed by atoms with van der Waals surface area (Å²) in [7, 11) is 1.99. The van der Waals surface area contributed by atoms with Crippen LogP contribution in [0, 0.1) is 0 Å². The highest BCUT2D eigenvalue weighted by Gasteiger charge is 1.92. The smallest absolute Gasteiger partial charge is 0.00114 e. The van der Waals surface area contributed by atoms with Gasteiger partial charge < -0.3 is 5.32 Å². The van der Waals surface area contributed by atoms with E-state index in [0.29, 0.717) is 0 Å². The minimum atomic E-state index is 1.06. The Morgan fingerprint density at radius 1 is 1.25 bits per heavy atom. The van der Waals surface area contributed by atoms with Gasteiger partial charge in [0.2, 0.25) is 0 Å². The van der Waals surface area contributed by atoms with E-state index < -0.39 is 0 Å². The standard InChI is InChI=1S/C11H17N/c1-3-10-5-4-6-11(9-10)7-8-12-2/h4-6,9,12H,3,7-8H2,1-2H3. The van der Waals surface area contributed by atoms with E-state index in [4.69, 9.17) is 0 Å². The Labute approximate surface area is 74.8 Å². The normalized spacial score (nSPS) is 10.2. The fourth-order valence-electron chi connectivity index (χ4n) is 1.27. The zero-order valence-electron chi connectivity index (χ0n) is 7.93. The summed E-state index contributed by atoms with van der Waals surface area (Å²) in [5, 5.41) is 3.15. The van der Waals surface area contributed by atoms with Crippen LogP contribution in [0.3, 0.4) is 0 Å². The fraction of sp³-hybridized carbons (Fsp3) is 0.455. The van der Waals surface area contributed by atoms with Gasteiger partial charge in [-0.1, -0.05) is 31.2 Å². The first-order chi connectivity index (χ1) is 5.86. The third kappa shape index (κ3) is 2.67. The van der Waals surface area contributed by atoms with Gasteiger partial charge in [-0.05, 0) is 37.6 Å². The Bertz CT molecular complexity index is 230. The fourth-order valence-corrected chi connectivity index (χ4v) is 1.27. The van der Waals surface area contributed by atoms with E-state index in [2.05, 4.69) is 36.5 Å². The number of aryl methyl sites for hydroxylation is 1. The zero-order valence-corrected chi connectivity index (χ0v) is 7.93. The number of rotatable bonds is 4. The zero-order chi connectivity index (χ0) is 8.81. The molecule has 0 aliphatic rings. The van der Waals surface area contributed by atoms with E-state index >= 15 is 0 Å². The molecule has 0 amide bonds. The van der Waals surface area contributed by atoms with Crippen LogP contribution < -0.4 is 5.32 Å². The third-order valence-electron chi connectivity index (χ3n) is 2.06. The van der Waals surface area contributed by atoms with Gasteiger partial charge in [-0.3, -0.25) is 0 Å². The highest BCUT2D eigenvalue weighted by Crippen LogP contribution is 2.05. The minimum Gasteiger partial charge on any atom is -0.319 e. The second-order valence-electron chi connectivity index (χ2n) is 3.03. The van der Waals surface area contributed by atoms with Gasteiger partial charge in [0.25, 0.3) is 0 Å². The Morgan fingerprint density at radius 3 is 2.67 bits per heavy atom. The molecule has 1 nitrogen and oxygen atoms in total. The molecule has 1 heteroatoms. The Kier molecular flexibility index (Phi) is 3.81. The predicted octanol–water partition coefficient (Wildman–Crippen LogP) is 2.01. The lowest BCUT2D eigenvalue weighted by atomic mass is 10.1. The molecule has 1 aromatic rings. The average Bonchev–Trinajstić information content (AvgIpc) is 2.15. The van der Waals surface area contributed by atoms with Gasteiger partial charge in [-0.2, -0.15) is 0 Å². The molecular formula is C11H17N. The maximum atomic E-state index is 3.15. The molecule has 1 aromatic carbocycles. The lowest BCUT2D eigenvalue weighted by Gasteiger charge is -2.02. The van der Waals surface area contributed by atoms with Crippen molar-refractivity contribution in [2.75, 3.05) is 13.6 Å². The molecule has 0 radical (unpaired) electrons. The van der Waals surface area contributed by atoms with Crippen LogP contribution >= 0.6 is 0 Å². The first-order valence-electron chi connectivity index (χ1n) is 4.59. The van der Waals surface area contributed by atoms with Crippen molar-refractivity contribution < 1.29 is 0 Å². The first kappa shape index (κ1) is 9.27. The highest BCUT2D eigenvalue weighted by molar-refractivity contribution is 5.23. The second-order valence-corrected chi connectivity index (χ2v) is 3.03. The lowest BCUT2D eigenvalue weighted by Crippen LogP contribution is -2.10. The Morgan fingerprint density at radius 2 is 2.00 bits per heavy atom. The maximum Gasteiger partial charge on any atom is -0.00114 e. The molecule has 0 bridgehead atoms. The molecule has 0 heterocycles. The SMILES string of the molecule is CCc1cccc(CCNC)c1. The van der Waals surface area contributed by atoms with Crippen molar-refractivity contribution in [2.24, 2.45) is 0 Å². The number of nitrogens with one attached hydrogen (secondary N) is 1. The summed E-state index contributed by atoms with van der Waals surface area (Å²) in [5.41, 5.74) is 2.87. The molecular weight excluding hydrogens is 146 g/mol. The van der Waals surface area contributed by atoms with Crippen molar-refractivity contribution in [3.05, 3.63) is 35.4 Å². The molecule has 0 saturated carbocycles. The summed E-state index contributed by atoms with van der Waals surface area (Å²) in [4.78, 5) is 0. The van der Waals surface area contributed by atoms with E-state index in [1.54, 1.807) is 0 Å². The molecule has 1 rings (SSSR count). The quantitative estimate of drug-likeness (QED) is 0.716. The van der Waals surface area contributed by atoms with Crippen molar-refractivity contribution >= 4 is 0 Å². The summed E-state index contributed by atoms with van der Waals surface area (Å²) >= 11 is 0. The summed E-state index contributed by atoms with van der Waals surface area (Å²) in [5.74, 6) is 0. The van der Waals surface area contributed by atoms with Gasteiger partial charge >= 0.3 is 0 Å². The topological polar surface area (TPSA) is 12.0 Å². The molecule has 66 valence electrons. The average molecular weight is 163 g/mol. The third-order valence-corrected chi connectivity index (χ3v) is 2.06. The first-order valence-corrected chi connectivity index (χ1v) is 4.59. The highest BCUT2D eigenvalue weighted by atomic mass is 14.8. The van der Waals surface area contributed by atoms with Crippen molar-refractivity contribution in [3.8, 4) is 0 Å². The van der Waals surface area contributed by atoms with Crippen LogP contribution in [0.15, 0.2) is 24.3 Å². The summed E-state index contributed by atoms with van der Waals surface area (Å²) < 4.78 is 0. The Balaban J connectivity index is 2.60. The van der Waals surface area contributed by atoms with E-state index in [9.17, 15) is 0 Å². The molecule has 0 fully saturated rings. The van der Waals surface area contributed by atoms with Crippen LogP contribution in [-0.4, -0.2) is 13.6 Å². The summed E-state index contributed by atoms with van der Waals surface area (Å²) in [6, 6.07) is 8.81. The number of benzene rings is 1. The van der Waals surface area contributed by atoms with Gasteiger partial charge in [0.1, 0.15) is 0 Å². The molecule has 1 N–H and O–H groups in total. The van der Waals surface area contributed by atoms with Crippen LogP contribution in [0.4, 0.5) is 0 Å². The van der Waals surface area contributed by atoms with Crippen LogP contribution in [-0.2, 0) is 12.8 Å². The molecule has 0 aliphatic heterocycles. The van der Waals surface area contributed by atoms with Crippen molar-refractivity contribution in [2.45, 2.75) is 19.8 Å². The second kappa shape index (κ2) is 4.94. The van der Waals surface area contributed by atoms with Gasteiger partial charge in [0.05, 0.1) is 0 Å². The van der Waals surface area contributed by atoms with Crippen LogP contribution in [0.2, 0.25) is 0 Å². The van der Waals surface area contributed by atoms with Gasteiger partial charge in [-0.25, -0.2) is 0 Å². The minimum absolute atomic E-state index is 1.06. The van der Waals surface area contributed by atoms with Crippen LogP contribution in [0.25, 0.3) is 0 Å². The molecule has 0 unspecified atom stereocenters. The number of hydrogen-bond acceptors (Lipinski definition) is 1. The van der Waals surface area contributed by atoms with Gasteiger partial charge in [0.15, 0.2) is 0 Å². The maximum absolute atomic E-state index is 3.15. The molecule has 0 aliphatic carbocycles. The predicted molar refractivity (Wildman–Crippen MR) is 53.5 cm³/mol. The van der Waals surface area contributed by atoms with E-state index in [-0.39, 0.29) is 0 Å². The van der Waals surface area contributed by atoms with Crippen molar-refractivity contribution in [1.29, 1.82) is 0 Å². The monoisotopic (exact) mass is 163 g/mol. The van der Waals surface area contributed by atoms with Crippen molar-refractivity contribution in [1.82, 2.24) is 5.32 Å². The molecule has 0 spiro atoms. The largest absolute Gasteiger partial charge is 0.319 e. The van der Waals surface area contributed by atoms with Crippen LogP contribution in [0.1, 0.15) is 18.1 Å². The molecule has 0 saturated heterocycles. The van der Waals surface area contributed by atoms with Gasteiger partial charge in [0, 0.05) is 0 Å². The van der Waals surface area contributed by atoms with E-state index in [0.717, 1.165) is 19.4 Å². The molecule has 12 heavy (non-hydrogen) atoms. The Hall–Kier alpha value is -0.820. The lowest BCUT2D eigenvalue weighted by molar-refractivity contribution is 0.791. The number of hydrogen-bond donors (Lipinski definition) is 1. The van der Waals surface area contributed by atoms with Gasteiger partial charge in [-0.15, -0.1) is 0 Å². The van der Waals surface area contributed by atoms with Crippen molar-refractivity contribution in [3.63, 3.8) is 0 Å². The summed E-state index contributed by atoms with van der Waals surface area (Å²) in [6.07, 6.45) is 2.26. The molecule has 0 aromatic heterocycles. The number of likely N-dealkylation sites (N-methyl/N-ethyl adjacent to an activating group) is 1.